The van der Waals surface area contributed by atoms with Crippen molar-refractivity contribution in [3.8, 4) is 0 Å². The maximum Gasteiger partial charge on any atom is 0.290 e. The molecule has 0 bridgehead atoms. The molecule has 1 amide bonds. The fourth-order valence-electron chi connectivity index (χ4n) is 3.37. The van der Waals surface area contributed by atoms with Crippen LogP contribution in [0.15, 0.2) is 65.2 Å². The Morgan fingerprint density at radius 3 is 2.78 bits per heavy atom. The van der Waals surface area contributed by atoms with Crippen molar-refractivity contribution in [2.45, 2.75) is 25.4 Å². The van der Waals surface area contributed by atoms with Crippen LogP contribution in [0.2, 0.25) is 0 Å². The van der Waals surface area contributed by atoms with E-state index in [0.717, 1.165) is 30.5 Å². The molecule has 27 heavy (non-hydrogen) atoms. The zero-order valence-electron chi connectivity index (χ0n) is 15.1. The van der Waals surface area contributed by atoms with E-state index in [4.69, 9.17) is 9.26 Å². The Kier molecular flexibility index (Phi) is 5.30. The zero-order valence-corrected chi connectivity index (χ0v) is 15.1. The van der Waals surface area contributed by atoms with E-state index in [9.17, 15) is 4.79 Å². The van der Waals surface area contributed by atoms with Gasteiger partial charge in [-0.05, 0) is 36.0 Å². The first-order chi connectivity index (χ1) is 13.3. The Morgan fingerprint density at radius 1 is 1.07 bits per heavy atom. The molecule has 1 aromatic heterocycles. The van der Waals surface area contributed by atoms with Crippen LogP contribution in [0.3, 0.4) is 0 Å². The number of hydrogen-bond acceptors (Lipinski definition) is 4. The van der Waals surface area contributed by atoms with Crippen molar-refractivity contribution in [1.29, 1.82) is 0 Å². The minimum Gasteiger partial charge on any atom is -0.371 e. The summed E-state index contributed by atoms with van der Waals surface area (Å²) in [4.78, 5) is 12.4. The van der Waals surface area contributed by atoms with Crippen LogP contribution >= 0.6 is 0 Å². The van der Waals surface area contributed by atoms with Crippen LogP contribution in [0.1, 0.15) is 39.0 Å². The lowest BCUT2D eigenvalue weighted by atomic mass is 9.97. The monoisotopic (exact) mass is 362 g/mol. The molecule has 1 N–H and O–H groups in total. The van der Waals surface area contributed by atoms with Gasteiger partial charge in [-0.15, -0.1) is 0 Å². The number of aryl methyl sites for hydroxylation is 2. The molecule has 0 saturated heterocycles. The highest BCUT2D eigenvalue weighted by Gasteiger charge is 2.22. The second-order valence-corrected chi connectivity index (χ2v) is 6.69. The van der Waals surface area contributed by atoms with Gasteiger partial charge in [0.15, 0.2) is 0 Å². The van der Waals surface area contributed by atoms with Gasteiger partial charge in [0.05, 0.1) is 12.3 Å². The van der Waals surface area contributed by atoms with Crippen LogP contribution in [-0.4, -0.2) is 24.2 Å². The Morgan fingerprint density at radius 2 is 1.89 bits per heavy atom. The number of nitrogens with one attached hydrogen (secondary N) is 1. The van der Waals surface area contributed by atoms with E-state index < -0.39 is 0 Å². The van der Waals surface area contributed by atoms with E-state index >= 15 is 0 Å². The van der Waals surface area contributed by atoms with E-state index in [1.165, 1.54) is 11.1 Å². The number of rotatable bonds is 6. The SMILES string of the molecule is O=C(NCC1OCCc2ccccc21)c1cc(CCc2ccccc2)no1. The van der Waals surface area contributed by atoms with Gasteiger partial charge < -0.3 is 14.6 Å². The summed E-state index contributed by atoms with van der Waals surface area (Å²) in [6, 6.07) is 20.1. The Bertz CT molecular complexity index is 905. The lowest BCUT2D eigenvalue weighted by Crippen LogP contribution is -2.31. The molecule has 2 heterocycles. The molecule has 1 unspecified atom stereocenters. The summed E-state index contributed by atoms with van der Waals surface area (Å²) in [6.45, 7) is 1.08. The van der Waals surface area contributed by atoms with Crippen molar-refractivity contribution in [3.05, 3.63) is 88.8 Å². The van der Waals surface area contributed by atoms with Crippen LogP contribution in [0.4, 0.5) is 0 Å². The molecular weight excluding hydrogens is 340 g/mol. The minimum atomic E-state index is -0.264. The number of ether oxygens (including phenoxy) is 1. The molecule has 5 nitrogen and oxygen atoms in total. The highest BCUT2D eigenvalue weighted by molar-refractivity contribution is 5.91. The Labute approximate surface area is 158 Å². The lowest BCUT2D eigenvalue weighted by molar-refractivity contribution is 0.0406. The van der Waals surface area contributed by atoms with Crippen molar-refractivity contribution in [2.75, 3.05) is 13.2 Å². The van der Waals surface area contributed by atoms with Crippen LogP contribution in [0, 0.1) is 0 Å². The summed E-state index contributed by atoms with van der Waals surface area (Å²) < 4.78 is 11.0. The molecule has 4 rings (SSSR count). The van der Waals surface area contributed by atoms with Gasteiger partial charge in [-0.2, -0.15) is 0 Å². The summed E-state index contributed by atoms with van der Waals surface area (Å²) in [5.41, 5.74) is 4.44. The number of carbonyl (C=O) groups is 1. The molecule has 0 spiro atoms. The average molecular weight is 362 g/mol. The first kappa shape index (κ1) is 17.5. The predicted molar refractivity (Wildman–Crippen MR) is 102 cm³/mol. The molecule has 3 aromatic rings. The predicted octanol–water partition coefficient (Wildman–Crippen LogP) is 3.50. The minimum absolute atomic E-state index is 0.126. The van der Waals surface area contributed by atoms with E-state index in [1.54, 1.807) is 6.07 Å². The summed E-state index contributed by atoms with van der Waals surface area (Å²) in [5, 5.41) is 6.91. The molecule has 138 valence electrons. The topological polar surface area (TPSA) is 64.4 Å². The molecule has 0 saturated carbocycles. The van der Waals surface area contributed by atoms with Gasteiger partial charge in [0.25, 0.3) is 5.91 Å². The molecule has 1 aliphatic heterocycles. The van der Waals surface area contributed by atoms with E-state index in [-0.39, 0.29) is 17.8 Å². The van der Waals surface area contributed by atoms with Gasteiger partial charge in [0, 0.05) is 12.6 Å². The fraction of sp³-hybridized carbons (Fsp3) is 0.273. The quantitative estimate of drug-likeness (QED) is 0.729. The van der Waals surface area contributed by atoms with E-state index in [1.807, 2.05) is 30.3 Å². The van der Waals surface area contributed by atoms with Crippen molar-refractivity contribution >= 4 is 5.91 Å². The molecule has 0 aliphatic carbocycles. The lowest BCUT2D eigenvalue weighted by Gasteiger charge is -2.26. The number of fused-ring (bicyclic) bond motifs is 1. The van der Waals surface area contributed by atoms with E-state index in [0.29, 0.717) is 13.2 Å². The number of carbonyl (C=O) groups excluding carboxylic acids is 1. The number of aromatic nitrogens is 1. The number of amides is 1. The second kappa shape index (κ2) is 8.18. The highest BCUT2D eigenvalue weighted by atomic mass is 16.5. The highest BCUT2D eigenvalue weighted by Crippen LogP contribution is 2.26. The maximum absolute atomic E-state index is 12.4. The second-order valence-electron chi connectivity index (χ2n) is 6.69. The number of hydrogen-bond donors (Lipinski definition) is 1. The third kappa shape index (κ3) is 4.26. The van der Waals surface area contributed by atoms with Crippen LogP contribution in [0.25, 0.3) is 0 Å². The molecule has 2 aromatic carbocycles. The van der Waals surface area contributed by atoms with Gasteiger partial charge in [-0.3, -0.25) is 4.79 Å². The maximum atomic E-state index is 12.4. The number of nitrogens with zero attached hydrogens (tertiary/aromatic N) is 1. The van der Waals surface area contributed by atoms with Crippen molar-refractivity contribution in [3.63, 3.8) is 0 Å². The van der Waals surface area contributed by atoms with Gasteiger partial charge >= 0.3 is 0 Å². The molecule has 1 atom stereocenters. The summed E-state index contributed by atoms with van der Waals surface area (Å²) in [7, 11) is 0. The molecule has 1 aliphatic rings. The largest absolute Gasteiger partial charge is 0.371 e. The molecule has 0 fully saturated rings. The van der Waals surface area contributed by atoms with Gasteiger partial charge in [0.2, 0.25) is 5.76 Å². The summed E-state index contributed by atoms with van der Waals surface area (Å²) in [5.74, 6) is -0.0257. The molecule has 5 heteroatoms. The van der Waals surface area contributed by atoms with Crippen LogP contribution in [-0.2, 0) is 24.0 Å². The zero-order chi connectivity index (χ0) is 18.5. The van der Waals surface area contributed by atoms with Crippen LogP contribution in [0.5, 0.6) is 0 Å². The average Bonchev–Trinajstić information content (AvgIpc) is 3.20. The van der Waals surface area contributed by atoms with Crippen molar-refractivity contribution in [2.24, 2.45) is 0 Å². The van der Waals surface area contributed by atoms with E-state index in [2.05, 4.69) is 34.7 Å². The molecular formula is C22H22N2O3. The Hall–Kier alpha value is -2.92. The Balaban J connectivity index is 1.32. The normalized spacial score (nSPS) is 15.9. The standard InChI is InChI=1S/C22H22N2O3/c25-22(23-15-21-19-9-5-4-8-17(19)12-13-26-21)20-14-18(24-27-20)11-10-16-6-2-1-3-7-16/h1-9,14,21H,10-13,15H2,(H,23,25). The summed E-state index contributed by atoms with van der Waals surface area (Å²) in [6.07, 6.45) is 2.38. The fourth-order valence-corrected chi connectivity index (χ4v) is 3.37. The van der Waals surface area contributed by atoms with Crippen LogP contribution < -0.4 is 5.32 Å². The third-order valence-corrected chi connectivity index (χ3v) is 4.84. The van der Waals surface area contributed by atoms with Crippen molar-refractivity contribution < 1.29 is 14.1 Å². The van der Waals surface area contributed by atoms with Crippen molar-refractivity contribution in [1.82, 2.24) is 10.5 Å². The first-order valence-electron chi connectivity index (χ1n) is 9.27. The summed E-state index contributed by atoms with van der Waals surface area (Å²) >= 11 is 0. The number of benzene rings is 2. The van der Waals surface area contributed by atoms with Gasteiger partial charge in [-0.1, -0.05) is 59.8 Å². The van der Waals surface area contributed by atoms with Gasteiger partial charge in [0.1, 0.15) is 6.10 Å². The van der Waals surface area contributed by atoms with Gasteiger partial charge in [-0.25, -0.2) is 0 Å². The smallest absolute Gasteiger partial charge is 0.290 e. The first-order valence-corrected chi connectivity index (χ1v) is 9.27. The molecule has 0 radical (unpaired) electrons. The third-order valence-electron chi connectivity index (χ3n) is 4.84.